The van der Waals surface area contributed by atoms with Crippen LogP contribution in [0.15, 0.2) is 29.4 Å². The standard InChI is InChI=1S/C16H19ClN4O4/c1-24-14(22)13(19-20-18)16(11-3-5-12(17)6-4-11)7-9-21(10-8-16)15(23)25-2/h3-6,13H,7-10H2,1-2H3/t13-/m1/s1. The minimum absolute atomic E-state index is 0.365. The van der Waals surface area contributed by atoms with E-state index in [0.717, 1.165) is 5.56 Å². The molecule has 0 aromatic heterocycles. The van der Waals surface area contributed by atoms with Crippen molar-refractivity contribution in [3.63, 3.8) is 0 Å². The van der Waals surface area contributed by atoms with Crippen molar-refractivity contribution >= 4 is 23.7 Å². The molecule has 1 amide bonds. The number of azide groups is 1. The van der Waals surface area contributed by atoms with E-state index >= 15 is 0 Å². The molecule has 1 aromatic carbocycles. The summed E-state index contributed by atoms with van der Waals surface area (Å²) in [5, 5.41) is 4.28. The smallest absolute Gasteiger partial charge is 0.409 e. The molecule has 8 nitrogen and oxygen atoms in total. The lowest BCUT2D eigenvalue weighted by molar-refractivity contribution is -0.144. The van der Waals surface area contributed by atoms with Crippen LogP contribution >= 0.6 is 11.6 Å². The number of halogens is 1. The van der Waals surface area contributed by atoms with Gasteiger partial charge in [0, 0.05) is 28.4 Å². The number of hydrogen-bond acceptors (Lipinski definition) is 5. The molecule has 0 saturated carbocycles. The number of methoxy groups -OCH3 is 2. The summed E-state index contributed by atoms with van der Waals surface area (Å²) in [6.45, 7) is 0.730. The summed E-state index contributed by atoms with van der Waals surface area (Å²) in [6.07, 6.45) is 0.411. The quantitative estimate of drug-likeness (QED) is 0.353. The molecule has 1 fully saturated rings. The zero-order valence-corrected chi connectivity index (χ0v) is 14.8. The average molecular weight is 367 g/mol. The number of hydrogen-bond donors (Lipinski definition) is 0. The number of rotatable bonds is 4. The first-order valence-corrected chi connectivity index (χ1v) is 8.07. The van der Waals surface area contributed by atoms with Crippen LogP contribution in [0.25, 0.3) is 10.4 Å². The van der Waals surface area contributed by atoms with Crippen LogP contribution in [0.1, 0.15) is 18.4 Å². The Morgan fingerprint density at radius 3 is 2.32 bits per heavy atom. The van der Waals surface area contributed by atoms with E-state index in [0.29, 0.717) is 31.0 Å². The third-order valence-corrected chi connectivity index (χ3v) is 4.87. The fraction of sp³-hybridized carbons (Fsp3) is 0.500. The Hall–Kier alpha value is -2.44. The van der Waals surface area contributed by atoms with Crippen molar-refractivity contribution in [1.82, 2.24) is 4.90 Å². The Balaban J connectivity index is 2.45. The van der Waals surface area contributed by atoms with Crippen molar-refractivity contribution in [3.05, 3.63) is 45.3 Å². The minimum atomic E-state index is -1.04. The molecular formula is C16H19ClN4O4. The number of ether oxygens (including phenoxy) is 2. The van der Waals surface area contributed by atoms with Gasteiger partial charge in [0.15, 0.2) is 0 Å². The van der Waals surface area contributed by atoms with Gasteiger partial charge in [0.2, 0.25) is 0 Å². The van der Waals surface area contributed by atoms with Gasteiger partial charge in [0.25, 0.3) is 0 Å². The summed E-state index contributed by atoms with van der Waals surface area (Å²) >= 11 is 5.97. The molecule has 0 radical (unpaired) electrons. The first kappa shape index (κ1) is 18.9. The zero-order chi connectivity index (χ0) is 18.4. The topological polar surface area (TPSA) is 105 Å². The van der Waals surface area contributed by atoms with Gasteiger partial charge in [0.05, 0.1) is 14.2 Å². The third-order valence-electron chi connectivity index (χ3n) is 4.62. The maximum absolute atomic E-state index is 12.3. The Labute approximate surface area is 150 Å². The van der Waals surface area contributed by atoms with Crippen LogP contribution < -0.4 is 0 Å². The SMILES string of the molecule is COC(=O)[C@@H](N=[N+]=[N-])C1(c2ccc(Cl)cc2)CCN(C(=O)OC)CC1. The van der Waals surface area contributed by atoms with Gasteiger partial charge in [-0.05, 0) is 36.1 Å². The molecule has 25 heavy (non-hydrogen) atoms. The first-order chi connectivity index (χ1) is 12.0. The Bertz CT molecular complexity index is 680. The van der Waals surface area contributed by atoms with Crippen LogP contribution in [0.4, 0.5) is 4.79 Å². The van der Waals surface area contributed by atoms with Crippen LogP contribution in [-0.2, 0) is 19.7 Å². The summed E-state index contributed by atoms with van der Waals surface area (Å²) in [7, 11) is 2.57. The molecule has 0 spiro atoms. The van der Waals surface area contributed by atoms with Crippen LogP contribution in [-0.4, -0.2) is 50.3 Å². The number of carbonyl (C=O) groups excluding carboxylic acids is 2. The number of likely N-dealkylation sites (tertiary alicyclic amines) is 1. The summed E-state index contributed by atoms with van der Waals surface area (Å²) in [5.74, 6) is -0.612. The van der Waals surface area contributed by atoms with E-state index in [1.807, 2.05) is 0 Å². The monoisotopic (exact) mass is 366 g/mol. The number of carbonyl (C=O) groups is 2. The Morgan fingerprint density at radius 1 is 1.24 bits per heavy atom. The van der Waals surface area contributed by atoms with E-state index in [-0.39, 0.29) is 0 Å². The van der Waals surface area contributed by atoms with Crippen molar-refractivity contribution in [2.45, 2.75) is 24.3 Å². The summed E-state index contributed by atoms with van der Waals surface area (Å²) < 4.78 is 9.60. The van der Waals surface area contributed by atoms with Crippen molar-refractivity contribution in [2.75, 3.05) is 27.3 Å². The maximum Gasteiger partial charge on any atom is 0.409 e. The fourth-order valence-corrected chi connectivity index (χ4v) is 3.39. The molecule has 0 bridgehead atoms. The van der Waals surface area contributed by atoms with Crippen molar-refractivity contribution < 1.29 is 19.1 Å². The second-order valence-electron chi connectivity index (χ2n) is 5.75. The fourth-order valence-electron chi connectivity index (χ4n) is 3.27. The van der Waals surface area contributed by atoms with Gasteiger partial charge >= 0.3 is 12.1 Å². The number of esters is 1. The maximum atomic E-state index is 12.3. The molecule has 1 aliphatic heterocycles. The van der Waals surface area contributed by atoms with E-state index in [2.05, 4.69) is 10.0 Å². The normalized spacial score (nSPS) is 17.2. The number of nitrogens with zero attached hydrogens (tertiary/aromatic N) is 4. The predicted molar refractivity (Wildman–Crippen MR) is 91.3 cm³/mol. The highest BCUT2D eigenvalue weighted by Gasteiger charge is 2.47. The summed E-state index contributed by atoms with van der Waals surface area (Å²) in [5.41, 5.74) is 8.97. The molecule has 1 saturated heterocycles. The lowest BCUT2D eigenvalue weighted by Crippen LogP contribution is -2.52. The van der Waals surface area contributed by atoms with Crippen LogP contribution in [0.2, 0.25) is 5.02 Å². The van der Waals surface area contributed by atoms with Gasteiger partial charge in [0.1, 0.15) is 6.04 Å². The molecular weight excluding hydrogens is 348 g/mol. The second-order valence-corrected chi connectivity index (χ2v) is 6.19. The van der Waals surface area contributed by atoms with Crippen LogP contribution in [0.3, 0.4) is 0 Å². The lowest BCUT2D eigenvalue weighted by Gasteiger charge is -2.44. The van der Waals surface area contributed by atoms with E-state index in [4.69, 9.17) is 26.6 Å². The zero-order valence-electron chi connectivity index (χ0n) is 14.0. The molecule has 134 valence electrons. The van der Waals surface area contributed by atoms with E-state index < -0.39 is 23.5 Å². The summed E-state index contributed by atoms with van der Waals surface area (Å²) in [6, 6.07) is 6.01. The predicted octanol–water partition coefficient (Wildman–Crippen LogP) is 3.29. The molecule has 0 aliphatic carbocycles. The van der Waals surface area contributed by atoms with Crippen LogP contribution in [0.5, 0.6) is 0 Å². The van der Waals surface area contributed by atoms with E-state index in [1.54, 1.807) is 29.2 Å². The lowest BCUT2D eigenvalue weighted by atomic mass is 9.67. The Morgan fingerprint density at radius 2 is 1.84 bits per heavy atom. The highest BCUT2D eigenvalue weighted by molar-refractivity contribution is 6.30. The Kier molecular flexibility index (Phi) is 6.12. The summed E-state index contributed by atoms with van der Waals surface area (Å²) in [4.78, 5) is 28.4. The molecule has 1 aromatic rings. The molecule has 2 rings (SSSR count). The van der Waals surface area contributed by atoms with Gasteiger partial charge in [-0.25, -0.2) is 4.79 Å². The third kappa shape index (κ3) is 3.81. The molecule has 9 heteroatoms. The van der Waals surface area contributed by atoms with Gasteiger partial charge in [-0.3, -0.25) is 4.79 Å². The molecule has 1 heterocycles. The minimum Gasteiger partial charge on any atom is -0.469 e. The first-order valence-electron chi connectivity index (χ1n) is 7.69. The number of benzene rings is 1. The highest BCUT2D eigenvalue weighted by Crippen LogP contribution is 2.41. The number of amides is 1. The van der Waals surface area contributed by atoms with Gasteiger partial charge < -0.3 is 14.4 Å². The average Bonchev–Trinajstić information content (AvgIpc) is 2.65. The van der Waals surface area contributed by atoms with Crippen molar-refractivity contribution in [2.24, 2.45) is 5.11 Å². The van der Waals surface area contributed by atoms with Gasteiger partial charge in [-0.15, -0.1) is 0 Å². The highest BCUT2D eigenvalue weighted by atomic mass is 35.5. The largest absolute Gasteiger partial charge is 0.469 e. The molecule has 0 unspecified atom stereocenters. The molecule has 0 N–H and O–H groups in total. The van der Waals surface area contributed by atoms with E-state index in [1.165, 1.54) is 14.2 Å². The molecule has 1 aliphatic rings. The van der Waals surface area contributed by atoms with Crippen molar-refractivity contribution in [3.8, 4) is 0 Å². The van der Waals surface area contributed by atoms with E-state index in [9.17, 15) is 9.59 Å². The molecule has 1 atom stereocenters. The van der Waals surface area contributed by atoms with Crippen LogP contribution in [0, 0.1) is 0 Å². The second kappa shape index (κ2) is 8.09. The number of piperidine rings is 1. The van der Waals surface area contributed by atoms with Crippen molar-refractivity contribution in [1.29, 1.82) is 0 Å². The van der Waals surface area contributed by atoms with Gasteiger partial charge in [-0.1, -0.05) is 28.8 Å². The van der Waals surface area contributed by atoms with Gasteiger partial charge in [-0.2, -0.15) is 0 Å².